The van der Waals surface area contributed by atoms with Gasteiger partial charge in [0.15, 0.2) is 0 Å². The van der Waals surface area contributed by atoms with E-state index in [9.17, 15) is 4.79 Å². The highest BCUT2D eigenvalue weighted by molar-refractivity contribution is 5.72. The first-order valence-electron chi connectivity index (χ1n) is 8.69. The number of piperidine rings is 1. The second-order valence-corrected chi connectivity index (χ2v) is 7.80. The normalized spacial score (nSPS) is 34.1. The van der Waals surface area contributed by atoms with E-state index in [0.717, 1.165) is 18.0 Å². The molecule has 1 aliphatic heterocycles. The van der Waals surface area contributed by atoms with Crippen LogP contribution < -0.4 is 5.32 Å². The van der Waals surface area contributed by atoms with Crippen molar-refractivity contribution in [2.24, 2.45) is 11.8 Å². The van der Waals surface area contributed by atoms with Gasteiger partial charge in [0.05, 0.1) is 0 Å². The van der Waals surface area contributed by atoms with Crippen LogP contribution in [0.1, 0.15) is 44.2 Å². The predicted molar refractivity (Wildman–Crippen MR) is 89.1 cm³/mol. The smallest absolute Gasteiger partial charge is 0.211 e. The van der Waals surface area contributed by atoms with Crippen molar-refractivity contribution in [2.45, 2.75) is 51.0 Å². The second kappa shape index (κ2) is 5.09. The molecule has 2 fully saturated rings. The van der Waals surface area contributed by atoms with Crippen molar-refractivity contribution in [3.05, 3.63) is 29.3 Å². The van der Waals surface area contributed by atoms with Crippen molar-refractivity contribution in [3.63, 3.8) is 0 Å². The van der Waals surface area contributed by atoms with Gasteiger partial charge in [0.1, 0.15) is 0 Å². The Bertz CT molecular complexity index is 595. The summed E-state index contributed by atoms with van der Waals surface area (Å²) in [4.78, 5) is 13.5. The van der Waals surface area contributed by atoms with Gasteiger partial charge in [0, 0.05) is 18.3 Å². The number of amides is 1. The Labute approximate surface area is 133 Å². The number of carbonyl (C=O) groups is 1. The number of rotatable bonds is 4. The van der Waals surface area contributed by atoms with E-state index >= 15 is 0 Å². The fourth-order valence-corrected chi connectivity index (χ4v) is 4.72. The first-order chi connectivity index (χ1) is 10.6. The maximum atomic E-state index is 10.7. The van der Waals surface area contributed by atoms with E-state index in [1.807, 2.05) is 6.07 Å². The predicted octanol–water partition coefficient (Wildman–Crippen LogP) is 3.19. The van der Waals surface area contributed by atoms with E-state index in [4.69, 9.17) is 0 Å². The van der Waals surface area contributed by atoms with Crippen molar-refractivity contribution < 1.29 is 4.79 Å². The first kappa shape index (κ1) is 14.3. The Balaban J connectivity index is 1.68. The Morgan fingerprint density at radius 2 is 2.23 bits per heavy atom. The minimum absolute atomic E-state index is 0.249. The molecule has 22 heavy (non-hydrogen) atoms. The van der Waals surface area contributed by atoms with Gasteiger partial charge in [-0.25, -0.2) is 0 Å². The zero-order chi connectivity index (χ0) is 15.3. The lowest BCUT2D eigenvalue weighted by molar-refractivity contribution is -0.105. The van der Waals surface area contributed by atoms with Gasteiger partial charge in [0.25, 0.3) is 0 Å². The van der Waals surface area contributed by atoms with Crippen LogP contribution in [0.15, 0.2) is 18.2 Å². The van der Waals surface area contributed by atoms with Gasteiger partial charge in [-0.1, -0.05) is 19.9 Å². The topological polar surface area (TPSA) is 32.3 Å². The highest BCUT2D eigenvalue weighted by Crippen LogP contribution is 2.49. The van der Waals surface area contributed by atoms with Crippen molar-refractivity contribution >= 4 is 12.1 Å². The van der Waals surface area contributed by atoms with E-state index in [-0.39, 0.29) is 5.41 Å². The van der Waals surface area contributed by atoms with Crippen molar-refractivity contribution in [2.75, 3.05) is 18.4 Å². The van der Waals surface area contributed by atoms with Gasteiger partial charge in [0.2, 0.25) is 6.41 Å². The quantitative estimate of drug-likeness (QED) is 0.866. The van der Waals surface area contributed by atoms with E-state index in [0.29, 0.717) is 12.0 Å². The van der Waals surface area contributed by atoms with Gasteiger partial charge in [-0.05, 0) is 72.7 Å². The van der Waals surface area contributed by atoms with Crippen molar-refractivity contribution in [1.29, 1.82) is 0 Å². The zero-order valence-corrected chi connectivity index (χ0v) is 13.6. The standard InChI is InChI=1S/C19H26N2O/c1-13-18-9-15-5-6-16(20-12-22)10-17(15)19(13,2)7-8-21(18)11-14-3-4-14/h5-6,10,12-14,18H,3-4,7-9,11H2,1-2H3,(H,20,22)/t13-,18+,19-/m0/s1. The molecule has 3 heteroatoms. The molecule has 3 aliphatic rings. The molecule has 3 nitrogen and oxygen atoms in total. The molecule has 1 saturated heterocycles. The Morgan fingerprint density at radius 1 is 1.41 bits per heavy atom. The van der Waals surface area contributed by atoms with Crippen molar-refractivity contribution in [3.8, 4) is 0 Å². The number of likely N-dealkylation sites (tertiary alicyclic amines) is 1. The molecule has 1 saturated carbocycles. The lowest BCUT2D eigenvalue weighted by Gasteiger charge is -2.55. The minimum atomic E-state index is 0.249. The number of nitrogens with zero attached hydrogens (tertiary/aromatic N) is 1. The van der Waals surface area contributed by atoms with E-state index in [1.165, 1.54) is 49.9 Å². The summed E-state index contributed by atoms with van der Waals surface area (Å²) < 4.78 is 0. The van der Waals surface area contributed by atoms with Crippen LogP contribution in [0, 0.1) is 11.8 Å². The Kier molecular flexibility index (Phi) is 3.30. The maximum Gasteiger partial charge on any atom is 0.211 e. The van der Waals surface area contributed by atoms with Crippen LogP contribution >= 0.6 is 0 Å². The molecule has 0 unspecified atom stereocenters. The summed E-state index contributed by atoms with van der Waals surface area (Å²) in [5.74, 6) is 1.65. The molecule has 2 aliphatic carbocycles. The van der Waals surface area contributed by atoms with Crippen LogP contribution in [0.25, 0.3) is 0 Å². The molecule has 1 amide bonds. The summed E-state index contributed by atoms with van der Waals surface area (Å²) in [7, 11) is 0. The van der Waals surface area contributed by atoms with Crippen LogP contribution in [0.4, 0.5) is 5.69 Å². The van der Waals surface area contributed by atoms with Crippen LogP contribution in [-0.2, 0) is 16.6 Å². The SMILES string of the molecule is C[C@H]1[C@H]2Cc3ccc(NC=O)cc3[C@@]1(C)CCN2CC1CC1. The molecule has 1 N–H and O–H groups in total. The third kappa shape index (κ3) is 2.18. The minimum Gasteiger partial charge on any atom is -0.329 e. The molecule has 0 radical (unpaired) electrons. The summed E-state index contributed by atoms with van der Waals surface area (Å²) in [6.07, 6.45) is 6.05. The van der Waals surface area contributed by atoms with Crippen LogP contribution in [-0.4, -0.2) is 30.4 Å². The highest BCUT2D eigenvalue weighted by Gasteiger charge is 2.48. The van der Waals surface area contributed by atoms with Gasteiger partial charge >= 0.3 is 0 Å². The summed E-state index contributed by atoms with van der Waals surface area (Å²) in [6.45, 7) is 7.41. The van der Waals surface area contributed by atoms with Gasteiger partial charge in [-0.15, -0.1) is 0 Å². The lowest BCUT2D eigenvalue weighted by Crippen LogP contribution is -2.58. The Hall–Kier alpha value is -1.35. The highest BCUT2D eigenvalue weighted by atomic mass is 16.1. The third-order valence-corrected chi connectivity index (χ3v) is 6.54. The largest absolute Gasteiger partial charge is 0.329 e. The van der Waals surface area contributed by atoms with Gasteiger partial charge in [-0.3, -0.25) is 9.69 Å². The second-order valence-electron chi connectivity index (χ2n) is 7.80. The van der Waals surface area contributed by atoms with Crippen LogP contribution in [0.3, 0.4) is 0 Å². The molecule has 118 valence electrons. The number of hydrogen-bond acceptors (Lipinski definition) is 2. The third-order valence-electron chi connectivity index (χ3n) is 6.54. The zero-order valence-electron chi connectivity index (χ0n) is 13.6. The average Bonchev–Trinajstić information content (AvgIpc) is 3.31. The fraction of sp³-hybridized carbons (Fsp3) is 0.632. The van der Waals surface area contributed by atoms with Crippen LogP contribution in [0.5, 0.6) is 0 Å². The Morgan fingerprint density at radius 3 is 2.95 bits per heavy atom. The molecule has 0 spiro atoms. The summed E-state index contributed by atoms with van der Waals surface area (Å²) >= 11 is 0. The maximum absolute atomic E-state index is 10.7. The number of hydrogen-bond donors (Lipinski definition) is 1. The number of carbonyl (C=O) groups excluding carboxylic acids is 1. The summed E-state index contributed by atoms with van der Waals surface area (Å²) in [5.41, 5.74) is 4.14. The molecule has 1 aromatic carbocycles. The van der Waals surface area contributed by atoms with Gasteiger partial charge in [-0.2, -0.15) is 0 Å². The molecular formula is C19H26N2O. The van der Waals surface area contributed by atoms with Crippen LogP contribution in [0.2, 0.25) is 0 Å². The van der Waals surface area contributed by atoms with E-state index in [1.54, 1.807) is 0 Å². The molecule has 2 bridgehead atoms. The lowest BCUT2D eigenvalue weighted by atomic mass is 9.59. The van der Waals surface area contributed by atoms with Gasteiger partial charge < -0.3 is 5.32 Å². The summed E-state index contributed by atoms with van der Waals surface area (Å²) in [5, 5.41) is 2.82. The molecular weight excluding hydrogens is 272 g/mol. The molecule has 4 rings (SSSR count). The molecule has 3 atom stereocenters. The summed E-state index contributed by atoms with van der Waals surface area (Å²) in [6, 6.07) is 7.19. The average molecular weight is 298 g/mol. The van der Waals surface area contributed by atoms with E-state index in [2.05, 4.69) is 36.2 Å². The molecule has 1 aromatic rings. The number of nitrogens with one attached hydrogen (secondary N) is 1. The molecule has 1 heterocycles. The fourth-order valence-electron chi connectivity index (χ4n) is 4.72. The monoisotopic (exact) mass is 298 g/mol. The first-order valence-corrected chi connectivity index (χ1v) is 8.69. The number of anilines is 1. The molecule has 0 aromatic heterocycles. The number of benzene rings is 1. The van der Waals surface area contributed by atoms with E-state index < -0.39 is 0 Å². The van der Waals surface area contributed by atoms with Crippen molar-refractivity contribution in [1.82, 2.24) is 4.90 Å². The number of fused-ring (bicyclic) bond motifs is 4.